The van der Waals surface area contributed by atoms with E-state index >= 15 is 0 Å². The van der Waals surface area contributed by atoms with E-state index in [0.29, 0.717) is 42.3 Å². The Labute approximate surface area is 171 Å². The van der Waals surface area contributed by atoms with Crippen molar-refractivity contribution >= 4 is 23.2 Å². The molecule has 0 atom stereocenters. The van der Waals surface area contributed by atoms with Crippen LogP contribution in [0.3, 0.4) is 0 Å². The first-order valence-corrected chi connectivity index (χ1v) is 10.1. The van der Waals surface area contributed by atoms with Crippen molar-refractivity contribution in [1.82, 2.24) is 0 Å². The summed E-state index contributed by atoms with van der Waals surface area (Å²) in [5.74, 6) is 1.24. The molecule has 1 N–H and O–H groups in total. The molecule has 2 aromatic carbocycles. The van der Waals surface area contributed by atoms with E-state index in [2.05, 4.69) is 12.2 Å². The van der Waals surface area contributed by atoms with Crippen LogP contribution in [0.25, 0.3) is 0 Å². The molecule has 0 aromatic heterocycles. The third-order valence-electron chi connectivity index (χ3n) is 4.93. The first kappa shape index (κ1) is 20.7. The van der Waals surface area contributed by atoms with Gasteiger partial charge in [0, 0.05) is 24.2 Å². The zero-order valence-electron chi connectivity index (χ0n) is 17.1. The Bertz CT molecular complexity index is 848. The molecule has 0 aliphatic carbocycles. The smallest absolute Gasteiger partial charge is 0.255 e. The van der Waals surface area contributed by atoms with Crippen LogP contribution < -0.4 is 19.7 Å². The van der Waals surface area contributed by atoms with Crippen molar-refractivity contribution in [1.29, 1.82) is 0 Å². The van der Waals surface area contributed by atoms with E-state index in [1.165, 1.54) is 0 Å². The highest BCUT2D eigenvalue weighted by molar-refractivity contribution is 6.05. The molecule has 29 heavy (non-hydrogen) atoms. The van der Waals surface area contributed by atoms with Crippen LogP contribution in [0, 0.1) is 0 Å². The van der Waals surface area contributed by atoms with E-state index < -0.39 is 0 Å². The molecule has 0 radical (unpaired) electrons. The van der Waals surface area contributed by atoms with Crippen molar-refractivity contribution in [2.45, 2.75) is 39.0 Å². The molecule has 1 fully saturated rings. The van der Waals surface area contributed by atoms with Crippen LogP contribution in [0.2, 0.25) is 0 Å². The number of amides is 2. The minimum atomic E-state index is -0.216. The van der Waals surface area contributed by atoms with Crippen LogP contribution in [0.15, 0.2) is 42.5 Å². The zero-order chi connectivity index (χ0) is 20.6. The summed E-state index contributed by atoms with van der Waals surface area (Å²) in [4.78, 5) is 26.7. The van der Waals surface area contributed by atoms with Crippen molar-refractivity contribution in [2.24, 2.45) is 0 Å². The van der Waals surface area contributed by atoms with Crippen molar-refractivity contribution in [2.75, 3.05) is 30.5 Å². The number of hydrogen-bond donors (Lipinski definition) is 1. The molecule has 154 valence electrons. The van der Waals surface area contributed by atoms with Gasteiger partial charge in [0.1, 0.15) is 11.5 Å². The highest BCUT2D eigenvalue weighted by Crippen LogP contribution is 2.33. The molecule has 0 unspecified atom stereocenters. The van der Waals surface area contributed by atoms with Gasteiger partial charge in [-0.05, 0) is 61.7 Å². The first-order valence-electron chi connectivity index (χ1n) is 10.1. The number of nitrogens with zero attached hydrogens (tertiary/aromatic N) is 1. The van der Waals surface area contributed by atoms with Gasteiger partial charge in [-0.2, -0.15) is 0 Å². The van der Waals surface area contributed by atoms with Gasteiger partial charge in [0.25, 0.3) is 5.91 Å². The summed E-state index contributed by atoms with van der Waals surface area (Å²) < 4.78 is 11.1. The maximum atomic E-state index is 12.6. The SMILES string of the molecule is CCCCOc1ccc(C(=O)Nc2ccc(OC)c(N3CCCCC3=O)c2)cc1. The maximum absolute atomic E-state index is 12.6. The molecule has 1 heterocycles. The Morgan fingerprint density at radius 3 is 2.62 bits per heavy atom. The number of anilines is 2. The first-order chi connectivity index (χ1) is 14.1. The van der Waals surface area contributed by atoms with E-state index in [1.807, 2.05) is 0 Å². The van der Waals surface area contributed by atoms with E-state index in [-0.39, 0.29) is 11.8 Å². The van der Waals surface area contributed by atoms with Crippen LogP contribution in [0.5, 0.6) is 11.5 Å². The topological polar surface area (TPSA) is 67.9 Å². The standard InChI is InChI=1S/C23H28N2O4/c1-3-4-15-29-19-11-8-17(9-12-19)23(27)24-18-10-13-21(28-2)20(16-18)25-14-6-5-7-22(25)26/h8-13,16H,3-7,14-15H2,1-2H3,(H,24,27). The van der Waals surface area contributed by atoms with Gasteiger partial charge in [-0.3, -0.25) is 9.59 Å². The predicted octanol–water partition coefficient (Wildman–Crippen LogP) is 4.64. The third kappa shape index (κ3) is 5.28. The largest absolute Gasteiger partial charge is 0.495 e. The molecule has 0 bridgehead atoms. The summed E-state index contributed by atoms with van der Waals surface area (Å²) in [5, 5.41) is 2.90. The average Bonchev–Trinajstić information content (AvgIpc) is 2.75. The number of methoxy groups -OCH3 is 1. The second-order valence-electron chi connectivity index (χ2n) is 7.07. The van der Waals surface area contributed by atoms with E-state index in [1.54, 1.807) is 54.5 Å². The van der Waals surface area contributed by atoms with Crippen LogP contribution in [-0.2, 0) is 4.79 Å². The molecule has 1 aliphatic rings. The summed E-state index contributed by atoms with van der Waals surface area (Å²) in [6, 6.07) is 12.4. The molecule has 0 spiro atoms. The third-order valence-corrected chi connectivity index (χ3v) is 4.93. The second-order valence-corrected chi connectivity index (χ2v) is 7.07. The lowest BCUT2D eigenvalue weighted by Gasteiger charge is -2.28. The quantitative estimate of drug-likeness (QED) is 0.660. The lowest BCUT2D eigenvalue weighted by Crippen LogP contribution is -2.35. The summed E-state index contributed by atoms with van der Waals surface area (Å²) >= 11 is 0. The fraction of sp³-hybridized carbons (Fsp3) is 0.391. The van der Waals surface area contributed by atoms with Crippen LogP contribution in [0.4, 0.5) is 11.4 Å². The van der Waals surface area contributed by atoms with Crippen LogP contribution >= 0.6 is 0 Å². The number of ether oxygens (including phenoxy) is 2. The molecule has 1 aliphatic heterocycles. The van der Waals surface area contributed by atoms with E-state index in [0.717, 1.165) is 31.4 Å². The normalized spacial score (nSPS) is 13.9. The molecular weight excluding hydrogens is 368 g/mol. The molecule has 2 aromatic rings. The van der Waals surface area contributed by atoms with Crippen molar-refractivity contribution in [3.63, 3.8) is 0 Å². The minimum absolute atomic E-state index is 0.0803. The number of unbranched alkanes of at least 4 members (excludes halogenated alkanes) is 1. The van der Waals surface area contributed by atoms with Crippen LogP contribution in [-0.4, -0.2) is 32.1 Å². The molecular formula is C23H28N2O4. The zero-order valence-corrected chi connectivity index (χ0v) is 17.1. The Balaban J connectivity index is 1.71. The van der Waals surface area contributed by atoms with Gasteiger partial charge in [0.2, 0.25) is 5.91 Å². The summed E-state index contributed by atoms with van der Waals surface area (Å²) in [6.07, 6.45) is 4.48. The van der Waals surface area contributed by atoms with E-state index in [4.69, 9.17) is 9.47 Å². The maximum Gasteiger partial charge on any atom is 0.255 e. The number of piperidine rings is 1. The monoisotopic (exact) mass is 396 g/mol. The van der Waals surface area contributed by atoms with Gasteiger partial charge < -0.3 is 19.7 Å². The minimum Gasteiger partial charge on any atom is -0.495 e. The fourth-order valence-corrected chi connectivity index (χ4v) is 3.28. The van der Waals surface area contributed by atoms with Gasteiger partial charge in [-0.1, -0.05) is 13.3 Å². The van der Waals surface area contributed by atoms with Gasteiger partial charge >= 0.3 is 0 Å². The lowest BCUT2D eigenvalue weighted by molar-refractivity contribution is -0.119. The van der Waals surface area contributed by atoms with Crippen molar-refractivity contribution in [3.8, 4) is 11.5 Å². The number of nitrogens with one attached hydrogen (secondary N) is 1. The molecule has 1 saturated heterocycles. The van der Waals surface area contributed by atoms with Gasteiger partial charge in [0.15, 0.2) is 0 Å². The predicted molar refractivity (Wildman–Crippen MR) is 114 cm³/mol. The van der Waals surface area contributed by atoms with Gasteiger partial charge in [-0.25, -0.2) is 0 Å². The Hall–Kier alpha value is -3.02. The van der Waals surface area contributed by atoms with Gasteiger partial charge in [-0.15, -0.1) is 0 Å². The molecule has 3 rings (SSSR count). The van der Waals surface area contributed by atoms with Crippen molar-refractivity contribution < 1.29 is 19.1 Å². The average molecular weight is 396 g/mol. The molecule has 6 nitrogen and oxygen atoms in total. The number of benzene rings is 2. The number of carbonyl (C=O) groups excluding carboxylic acids is 2. The summed E-state index contributed by atoms with van der Waals surface area (Å²) in [6.45, 7) is 3.44. The number of rotatable bonds is 8. The Kier molecular flexibility index (Phi) is 7.11. The van der Waals surface area contributed by atoms with E-state index in [9.17, 15) is 9.59 Å². The molecule has 6 heteroatoms. The highest BCUT2D eigenvalue weighted by atomic mass is 16.5. The van der Waals surface area contributed by atoms with Crippen LogP contribution in [0.1, 0.15) is 49.4 Å². The second kappa shape index (κ2) is 9.96. The number of hydrogen-bond acceptors (Lipinski definition) is 4. The number of carbonyl (C=O) groups is 2. The highest BCUT2D eigenvalue weighted by Gasteiger charge is 2.23. The van der Waals surface area contributed by atoms with Crippen molar-refractivity contribution in [3.05, 3.63) is 48.0 Å². The lowest BCUT2D eigenvalue weighted by atomic mass is 10.1. The summed E-state index contributed by atoms with van der Waals surface area (Å²) in [5.41, 5.74) is 1.85. The fourth-order valence-electron chi connectivity index (χ4n) is 3.28. The van der Waals surface area contributed by atoms with Gasteiger partial charge in [0.05, 0.1) is 19.4 Å². The summed E-state index contributed by atoms with van der Waals surface area (Å²) in [7, 11) is 1.58. The molecule has 0 saturated carbocycles. The Morgan fingerprint density at radius 1 is 1.14 bits per heavy atom. The molecule has 2 amide bonds. The Morgan fingerprint density at radius 2 is 1.93 bits per heavy atom.